The molecule has 0 aliphatic rings. The van der Waals surface area contributed by atoms with E-state index in [1.807, 2.05) is 37.3 Å². The number of hydrogen-bond donors (Lipinski definition) is 0. The molecule has 0 heterocycles. The molecule has 0 radical (unpaired) electrons. The fourth-order valence-corrected chi connectivity index (χ4v) is 4.56. The third-order valence-corrected chi connectivity index (χ3v) is 5.93. The van der Waals surface area contributed by atoms with Crippen molar-refractivity contribution in [2.75, 3.05) is 13.2 Å². The van der Waals surface area contributed by atoms with Crippen molar-refractivity contribution < 1.29 is 23.1 Å². The summed E-state index contributed by atoms with van der Waals surface area (Å²) in [4.78, 5) is 12.6. The Morgan fingerprint density at radius 2 is 1.57 bits per heavy atom. The number of hydrogen-bond acceptors (Lipinski definition) is 5. The molecule has 130 valence electrons. The van der Waals surface area contributed by atoms with Crippen molar-refractivity contribution >= 4 is 13.6 Å². The van der Waals surface area contributed by atoms with Gasteiger partial charge < -0.3 is 13.8 Å². The van der Waals surface area contributed by atoms with Crippen molar-refractivity contribution in [3.63, 3.8) is 0 Å². The van der Waals surface area contributed by atoms with E-state index in [1.165, 1.54) is 0 Å². The van der Waals surface area contributed by atoms with E-state index < -0.39 is 19.2 Å². The van der Waals surface area contributed by atoms with Crippen LogP contribution in [0.2, 0.25) is 0 Å². The molecular formula is C17H27O5P. The summed E-state index contributed by atoms with van der Waals surface area (Å²) < 4.78 is 29.3. The van der Waals surface area contributed by atoms with Crippen molar-refractivity contribution in [1.82, 2.24) is 0 Å². The Morgan fingerprint density at radius 3 is 2.00 bits per heavy atom. The first-order valence-corrected chi connectivity index (χ1v) is 9.61. The first kappa shape index (κ1) is 19.9. The van der Waals surface area contributed by atoms with Crippen LogP contribution >= 0.6 is 7.60 Å². The second-order valence-electron chi connectivity index (χ2n) is 5.51. The Labute approximate surface area is 138 Å². The zero-order valence-corrected chi connectivity index (χ0v) is 15.4. The van der Waals surface area contributed by atoms with E-state index >= 15 is 0 Å². The molecule has 1 rings (SSSR count). The monoisotopic (exact) mass is 342 g/mol. The average molecular weight is 342 g/mol. The number of carbonyl (C=O) groups excluding carboxylic acids is 1. The maximum absolute atomic E-state index is 13.2. The van der Waals surface area contributed by atoms with E-state index in [1.54, 1.807) is 27.7 Å². The first-order valence-electron chi connectivity index (χ1n) is 7.99. The predicted molar refractivity (Wildman–Crippen MR) is 90.7 cm³/mol. The lowest BCUT2D eigenvalue weighted by Crippen LogP contribution is -2.32. The lowest BCUT2D eigenvalue weighted by molar-refractivity contribution is -0.147. The van der Waals surface area contributed by atoms with Gasteiger partial charge in [0, 0.05) is 5.92 Å². The van der Waals surface area contributed by atoms with E-state index in [0.717, 1.165) is 5.56 Å². The third-order valence-electron chi connectivity index (χ3n) is 3.35. The van der Waals surface area contributed by atoms with E-state index in [4.69, 9.17) is 13.8 Å². The lowest BCUT2D eigenvalue weighted by Gasteiger charge is -2.29. The Bertz CT molecular complexity index is 519. The van der Waals surface area contributed by atoms with Crippen LogP contribution in [0.15, 0.2) is 30.3 Å². The molecule has 0 N–H and O–H groups in total. The van der Waals surface area contributed by atoms with Crippen LogP contribution < -0.4 is 0 Å². The number of ether oxygens (including phenoxy) is 1. The van der Waals surface area contributed by atoms with Gasteiger partial charge in [0.05, 0.1) is 19.3 Å². The molecule has 1 aromatic carbocycles. The highest BCUT2D eigenvalue weighted by molar-refractivity contribution is 7.55. The van der Waals surface area contributed by atoms with E-state index in [0.29, 0.717) is 0 Å². The summed E-state index contributed by atoms with van der Waals surface area (Å²) in [5, 5.41) is 0. The molecule has 0 aliphatic heterocycles. The minimum atomic E-state index is -3.64. The van der Waals surface area contributed by atoms with Gasteiger partial charge in [0.2, 0.25) is 0 Å². The predicted octanol–water partition coefficient (Wildman–Crippen LogP) is 4.38. The third kappa shape index (κ3) is 5.45. The summed E-state index contributed by atoms with van der Waals surface area (Å²) in [5.74, 6) is -0.909. The van der Waals surface area contributed by atoms with Crippen LogP contribution in [0, 0.1) is 0 Å². The van der Waals surface area contributed by atoms with Gasteiger partial charge in [-0.1, -0.05) is 37.3 Å². The number of benzene rings is 1. The van der Waals surface area contributed by atoms with Crippen molar-refractivity contribution in [3.8, 4) is 0 Å². The molecule has 1 aromatic rings. The largest absolute Gasteiger partial charge is 0.462 e. The topological polar surface area (TPSA) is 61.8 Å². The smallest absolute Gasteiger partial charge is 0.345 e. The minimum absolute atomic E-state index is 0.199. The minimum Gasteiger partial charge on any atom is -0.462 e. The fraction of sp³-hybridized carbons (Fsp3) is 0.588. The highest BCUT2D eigenvalue weighted by Gasteiger charge is 2.46. The molecular weight excluding hydrogens is 315 g/mol. The average Bonchev–Trinajstić information content (AvgIpc) is 2.47. The van der Waals surface area contributed by atoms with Gasteiger partial charge in [-0.2, -0.15) is 0 Å². The number of carbonyl (C=O) groups is 1. The normalized spacial score (nSPS) is 14.5. The Kier molecular flexibility index (Phi) is 7.97. The number of esters is 1. The molecule has 5 nitrogen and oxygen atoms in total. The molecule has 0 fully saturated rings. The van der Waals surface area contributed by atoms with Crippen LogP contribution in [0.5, 0.6) is 0 Å². The van der Waals surface area contributed by atoms with Gasteiger partial charge in [-0.15, -0.1) is 0 Å². The fourth-order valence-electron chi connectivity index (χ4n) is 2.41. The van der Waals surface area contributed by atoms with Gasteiger partial charge >= 0.3 is 13.6 Å². The summed E-state index contributed by atoms with van der Waals surface area (Å²) in [5.41, 5.74) is -0.106. The van der Waals surface area contributed by atoms with Crippen LogP contribution in [0.1, 0.15) is 46.1 Å². The lowest BCUT2D eigenvalue weighted by atomic mass is 9.97. The molecule has 0 saturated heterocycles. The van der Waals surface area contributed by atoms with Crippen molar-refractivity contribution in [1.29, 1.82) is 0 Å². The Balaban J connectivity index is 3.24. The Hall–Kier alpha value is -1.16. The van der Waals surface area contributed by atoms with E-state index in [-0.39, 0.29) is 25.2 Å². The zero-order chi connectivity index (χ0) is 17.5. The standard InChI is InChI=1S/C17H27O5P/c1-6-20-23(19,21-7-2)16(17(18)22-13(3)4)14(5)15-11-9-8-10-12-15/h8-14,16H,6-7H2,1-5H3/t14-,16+/m0/s1. The van der Waals surface area contributed by atoms with E-state index in [2.05, 4.69) is 0 Å². The van der Waals surface area contributed by atoms with Crippen LogP contribution in [-0.4, -0.2) is 30.9 Å². The second-order valence-corrected chi connectivity index (χ2v) is 7.66. The molecule has 0 spiro atoms. The summed E-state index contributed by atoms with van der Waals surface area (Å²) in [6, 6.07) is 9.43. The van der Waals surface area contributed by atoms with Crippen LogP contribution in [0.3, 0.4) is 0 Å². The Morgan fingerprint density at radius 1 is 1.04 bits per heavy atom. The van der Waals surface area contributed by atoms with Gasteiger partial charge in [-0.05, 0) is 33.3 Å². The summed E-state index contributed by atoms with van der Waals surface area (Å²) >= 11 is 0. The van der Waals surface area contributed by atoms with Crippen molar-refractivity contribution in [2.45, 2.75) is 52.3 Å². The SMILES string of the molecule is CCOP(=O)(OCC)[C@@H](C(=O)OC(C)C)[C@@H](C)c1ccccc1. The maximum Gasteiger partial charge on any atom is 0.345 e. The van der Waals surface area contributed by atoms with Crippen LogP contribution in [0.4, 0.5) is 0 Å². The first-order chi connectivity index (χ1) is 10.9. The molecule has 2 atom stereocenters. The summed E-state index contributed by atoms with van der Waals surface area (Å²) in [7, 11) is -3.64. The molecule has 0 amide bonds. The maximum atomic E-state index is 13.2. The van der Waals surface area contributed by atoms with Gasteiger partial charge in [0.15, 0.2) is 5.66 Å². The second kappa shape index (κ2) is 9.21. The van der Waals surface area contributed by atoms with Crippen LogP contribution in [-0.2, 0) is 23.1 Å². The van der Waals surface area contributed by atoms with Gasteiger partial charge in [0.1, 0.15) is 0 Å². The molecule has 23 heavy (non-hydrogen) atoms. The molecule has 6 heteroatoms. The van der Waals surface area contributed by atoms with Gasteiger partial charge in [-0.3, -0.25) is 9.36 Å². The quantitative estimate of drug-likeness (QED) is 0.492. The summed E-state index contributed by atoms with van der Waals surface area (Å²) in [6.45, 7) is 9.21. The zero-order valence-electron chi connectivity index (χ0n) is 14.5. The molecule has 0 unspecified atom stereocenters. The van der Waals surface area contributed by atoms with E-state index in [9.17, 15) is 9.36 Å². The molecule has 0 aromatic heterocycles. The summed E-state index contributed by atoms with van der Waals surface area (Å²) in [6.07, 6.45) is -0.301. The van der Waals surface area contributed by atoms with Gasteiger partial charge in [0.25, 0.3) is 0 Å². The highest BCUT2D eigenvalue weighted by Crippen LogP contribution is 2.57. The molecule has 0 aliphatic carbocycles. The number of rotatable bonds is 9. The molecule has 0 saturated carbocycles. The van der Waals surface area contributed by atoms with Crippen molar-refractivity contribution in [2.24, 2.45) is 0 Å². The van der Waals surface area contributed by atoms with Crippen LogP contribution in [0.25, 0.3) is 0 Å². The van der Waals surface area contributed by atoms with Crippen molar-refractivity contribution in [3.05, 3.63) is 35.9 Å². The molecule has 0 bridgehead atoms. The highest BCUT2D eigenvalue weighted by atomic mass is 31.2. The van der Waals surface area contributed by atoms with Gasteiger partial charge in [-0.25, -0.2) is 0 Å².